The summed E-state index contributed by atoms with van der Waals surface area (Å²) >= 11 is 0. The minimum atomic E-state index is -2.80. The number of rotatable bonds is 1. The fourth-order valence-electron chi connectivity index (χ4n) is 2.58. The first kappa shape index (κ1) is 11.4. The fraction of sp³-hybridized carbons (Fsp3) is 1.00. The van der Waals surface area contributed by atoms with Crippen molar-refractivity contribution in [3.05, 3.63) is 0 Å². The Labute approximate surface area is 91.2 Å². The third kappa shape index (κ3) is 2.71. The lowest BCUT2D eigenvalue weighted by Gasteiger charge is -2.39. The molecule has 1 saturated heterocycles. The van der Waals surface area contributed by atoms with Gasteiger partial charge >= 0.3 is 0 Å². The zero-order chi connectivity index (χ0) is 10.9. The number of hydrogen-bond acceptors (Lipinski definition) is 4. The highest BCUT2D eigenvalue weighted by molar-refractivity contribution is 7.91. The predicted octanol–water partition coefficient (Wildman–Crippen LogP) is 0.0203. The van der Waals surface area contributed by atoms with Gasteiger partial charge in [-0.2, -0.15) is 0 Å². The first-order chi connectivity index (χ1) is 7.08. The molecule has 0 bridgehead atoms. The van der Waals surface area contributed by atoms with E-state index in [1.54, 1.807) is 0 Å². The lowest BCUT2D eigenvalue weighted by molar-refractivity contribution is 0.0238. The Kier molecular flexibility index (Phi) is 3.33. The maximum Gasteiger partial charge on any atom is 0.152 e. The molecular weight excluding hydrogens is 214 g/mol. The van der Waals surface area contributed by atoms with E-state index in [9.17, 15) is 13.5 Å². The Morgan fingerprint density at radius 1 is 1.07 bits per heavy atom. The molecule has 88 valence electrons. The molecule has 0 radical (unpaired) electrons. The third-order valence-electron chi connectivity index (χ3n) is 3.54. The number of aliphatic hydroxyl groups excluding tert-OH is 1. The minimum Gasteiger partial charge on any atom is -0.391 e. The van der Waals surface area contributed by atoms with Crippen LogP contribution in [0.15, 0.2) is 0 Å². The highest BCUT2D eigenvalue weighted by Gasteiger charge is 2.32. The van der Waals surface area contributed by atoms with Crippen LogP contribution in [-0.2, 0) is 9.84 Å². The summed E-state index contributed by atoms with van der Waals surface area (Å²) in [6.45, 7) is 1.20. The van der Waals surface area contributed by atoms with Gasteiger partial charge < -0.3 is 5.11 Å². The van der Waals surface area contributed by atoms with E-state index < -0.39 is 9.84 Å². The average molecular weight is 233 g/mol. The maximum absolute atomic E-state index is 11.3. The molecule has 5 heteroatoms. The molecule has 2 fully saturated rings. The monoisotopic (exact) mass is 233 g/mol. The minimum absolute atomic E-state index is 0.203. The largest absolute Gasteiger partial charge is 0.391 e. The van der Waals surface area contributed by atoms with Crippen LogP contribution in [0.1, 0.15) is 25.7 Å². The van der Waals surface area contributed by atoms with E-state index in [2.05, 4.69) is 4.90 Å². The Hall–Kier alpha value is -0.130. The predicted molar refractivity (Wildman–Crippen MR) is 58.5 cm³/mol. The number of nitrogens with zero attached hydrogens (tertiary/aromatic N) is 1. The van der Waals surface area contributed by atoms with Crippen LogP contribution in [0.25, 0.3) is 0 Å². The van der Waals surface area contributed by atoms with Crippen molar-refractivity contribution in [3.63, 3.8) is 0 Å². The molecule has 2 rings (SSSR count). The Bertz CT molecular complexity index is 301. The van der Waals surface area contributed by atoms with Gasteiger partial charge in [0.1, 0.15) is 0 Å². The summed E-state index contributed by atoms with van der Waals surface area (Å²) in [6.07, 6.45) is 3.89. The third-order valence-corrected chi connectivity index (χ3v) is 5.15. The summed E-state index contributed by atoms with van der Waals surface area (Å²) in [6, 6.07) is 0.203. The summed E-state index contributed by atoms with van der Waals surface area (Å²) in [5.41, 5.74) is 0. The van der Waals surface area contributed by atoms with E-state index >= 15 is 0 Å². The van der Waals surface area contributed by atoms with Crippen LogP contribution in [0, 0.1) is 0 Å². The number of hydrogen-bond donors (Lipinski definition) is 1. The van der Waals surface area contributed by atoms with Gasteiger partial charge in [-0.05, 0) is 12.8 Å². The van der Waals surface area contributed by atoms with Crippen LogP contribution in [0.5, 0.6) is 0 Å². The Morgan fingerprint density at radius 2 is 1.67 bits per heavy atom. The summed E-state index contributed by atoms with van der Waals surface area (Å²) in [4.78, 5) is 2.16. The highest BCUT2D eigenvalue weighted by Crippen LogP contribution is 2.24. The zero-order valence-corrected chi connectivity index (χ0v) is 9.75. The van der Waals surface area contributed by atoms with Crippen molar-refractivity contribution in [2.75, 3.05) is 24.6 Å². The first-order valence-electron chi connectivity index (χ1n) is 5.71. The van der Waals surface area contributed by atoms with Crippen molar-refractivity contribution >= 4 is 9.84 Å². The zero-order valence-electron chi connectivity index (χ0n) is 8.93. The molecule has 1 aliphatic heterocycles. The highest BCUT2D eigenvalue weighted by atomic mass is 32.2. The van der Waals surface area contributed by atoms with Gasteiger partial charge in [-0.3, -0.25) is 4.90 Å². The van der Waals surface area contributed by atoms with E-state index in [4.69, 9.17) is 0 Å². The molecule has 1 aliphatic carbocycles. The molecule has 0 unspecified atom stereocenters. The van der Waals surface area contributed by atoms with Crippen molar-refractivity contribution in [2.45, 2.75) is 37.8 Å². The van der Waals surface area contributed by atoms with Gasteiger partial charge in [0.25, 0.3) is 0 Å². The molecule has 1 heterocycles. The average Bonchev–Trinajstić information content (AvgIpc) is 2.19. The fourth-order valence-corrected chi connectivity index (χ4v) is 3.81. The quantitative estimate of drug-likeness (QED) is 0.694. The molecule has 0 spiro atoms. The molecule has 0 aromatic carbocycles. The summed E-state index contributed by atoms with van der Waals surface area (Å²) < 4.78 is 22.5. The normalized spacial score (nSPS) is 37.7. The van der Waals surface area contributed by atoms with Crippen molar-refractivity contribution in [1.82, 2.24) is 4.90 Å². The molecule has 4 nitrogen and oxygen atoms in total. The van der Waals surface area contributed by atoms with Crippen LogP contribution < -0.4 is 0 Å². The van der Waals surface area contributed by atoms with Crippen molar-refractivity contribution in [2.24, 2.45) is 0 Å². The summed E-state index contributed by atoms with van der Waals surface area (Å²) in [5, 5.41) is 9.86. The lowest BCUT2D eigenvalue weighted by Crippen LogP contribution is -2.51. The summed E-state index contributed by atoms with van der Waals surface area (Å²) in [7, 11) is -2.80. The molecule has 0 aromatic heterocycles. The van der Waals surface area contributed by atoms with Gasteiger partial charge in [0.2, 0.25) is 0 Å². The van der Waals surface area contributed by atoms with Crippen LogP contribution in [-0.4, -0.2) is 55.2 Å². The van der Waals surface area contributed by atoms with E-state index in [1.165, 1.54) is 0 Å². The van der Waals surface area contributed by atoms with Gasteiger partial charge in [-0.25, -0.2) is 8.42 Å². The Balaban J connectivity index is 1.94. The number of sulfone groups is 1. The van der Waals surface area contributed by atoms with Crippen molar-refractivity contribution < 1.29 is 13.5 Å². The van der Waals surface area contributed by atoms with E-state index in [1.807, 2.05) is 0 Å². The molecule has 15 heavy (non-hydrogen) atoms. The molecule has 1 saturated carbocycles. The van der Waals surface area contributed by atoms with Crippen molar-refractivity contribution in [1.29, 1.82) is 0 Å². The topological polar surface area (TPSA) is 57.6 Å². The molecule has 2 aliphatic rings. The van der Waals surface area contributed by atoms with E-state index in [0.717, 1.165) is 25.7 Å². The van der Waals surface area contributed by atoms with Crippen molar-refractivity contribution in [3.8, 4) is 0 Å². The van der Waals surface area contributed by atoms with Crippen LogP contribution in [0.4, 0.5) is 0 Å². The second-order valence-corrected chi connectivity index (χ2v) is 6.91. The standard InChI is InChI=1S/C10H19NO3S/c12-10-4-2-1-3-9(10)11-5-7-15(13,14)8-6-11/h9-10,12H,1-8H2/t9-,10-/m0/s1. The molecule has 1 N–H and O–H groups in total. The first-order valence-corrected chi connectivity index (χ1v) is 7.53. The van der Waals surface area contributed by atoms with Gasteiger partial charge in [0, 0.05) is 19.1 Å². The maximum atomic E-state index is 11.3. The van der Waals surface area contributed by atoms with E-state index in [-0.39, 0.29) is 23.7 Å². The van der Waals surface area contributed by atoms with Gasteiger partial charge in [0.05, 0.1) is 17.6 Å². The van der Waals surface area contributed by atoms with Crippen LogP contribution >= 0.6 is 0 Å². The summed E-state index contributed by atoms with van der Waals surface area (Å²) in [5.74, 6) is 0.520. The smallest absolute Gasteiger partial charge is 0.152 e. The number of aliphatic hydroxyl groups is 1. The molecule has 2 atom stereocenters. The van der Waals surface area contributed by atoms with Gasteiger partial charge in [-0.1, -0.05) is 12.8 Å². The molecule has 0 aromatic rings. The van der Waals surface area contributed by atoms with Gasteiger partial charge in [0.15, 0.2) is 9.84 Å². The lowest BCUT2D eigenvalue weighted by atomic mass is 9.91. The van der Waals surface area contributed by atoms with Gasteiger partial charge in [-0.15, -0.1) is 0 Å². The second kappa shape index (κ2) is 4.39. The SMILES string of the molecule is O=S1(=O)CCN([C@H]2CCCC[C@@H]2O)CC1. The van der Waals surface area contributed by atoms with E-state index in [0.29, 0.717) is 13.1 Å². The molecular formula is C10H19NO3S. The second-order valence-electron chi connectivity index (χ2n) is 4.61. The Morgan fingerprint density at radius 3 is 2.27 bits per heavy atom. The van der Waals surface area contributed by atoms with Crippen LogP contribution in [0.3, 0.4) is 0 Å². The van der Waals surface area contributed by atoms with Crippen LogP contribution in [0.2, 0.25) is 0 Å². The molecule has 0 amide bonds.